The molecule has 0 unspecified atom stereocenters. The monoisotopic (exact) mass is 428 g/mol. The highest BCUT2D eigenvalue weighted by Gasteiger charge is 2.36. The zero-order valence-electron chi connectivity index (χ0n) is 14.6. The number of sulfonamides is 1. The molecule has 0 fully saturated rings. The Bertz CT molecular complexity index is 1070. The van der Waals surface area contributed by atoms with Gasteiger partial charge in [-0.2, -0.15) is 23.3 Å². The first kappa shape index (κ1) is 20.7. The number of anilines is 2. The van der Waals surface area contributed by atoms with Gasteiger partial charge in [-0.3, -0.25) is 0 Å². The molecule has 0 aliphatic carbocycles. The Morgan fingerprint density at radius 1 is 1.17 bits per heavy atom. The van der Waals surface area contributed by atoms with Gasteiger partial charge in [0, 0.05) is 30.8 Å². The second-order valence-electron chi connectivity index (χ2n) is 5.65. The van der Waals surface area contributed by atoms with E-state index in [1.807, 2.05) is 0 Å². The van der Waals surface area contributed by atoms with Crippen LogP contribution in [-0.2, 0) is 16.2 Å². The van der Waals surface area contributed by atoms with Gasteiger partial charge in [0.2, 0.25) is 16.0 Å². The summed E-state index contributed by atoms with van der Waals surface area (Å²) in [5.74, 6) is -0.579. The van der Waals surface area contributed by atoms with E-state index in [0.29, 0.717) is 11.9 Å². The smallest absolute Gasteiger partial charge is 0.395 e. The number of halogens is 3. The van der Waals surface area contributed by atoms with Crippen LogP contribution in [-0.4, -0.2) is 46.4 Å². The van der Waals surface area contributed by atoms with Crippen LogP contribution >= 0.6 is 0 Å². The summed E-state index contributed by atoms with van der Waals surface area (Å²) in [5.41, 5.74) is -0.694. The van der Waals surface area contributed by atoms with E-state index in [2.05, 4.69) is 25.1 Å². The molecule has 13 heteroatoms. The molecule has 0 saturated heterocycles. The number of aromatic nitrogens is 4. The average molecular weight is 428 g/mol. The summed E-state index contributed by atoms with van der Waals surface area (Å²) < 4.78 is 66.8. The van der Waals surface area contributed by atoms with Crippen LogP contribution in [0.1, 0.15) is 5.56 Å². The fraction of sp³-hybridized carbons (Fsp3) is 0.188. The number of aliphatic hydroxyl groups excluding tert-OH is 1. The Hall–Kier alpha value is -3.03. The first-order valence-corrected chi connectivity index (χ1v) is 9.61. The lowest BCUT2D eigenvalue weighted by Crippen LogP contribution is -2.26. The molecule has 2 aromatic heterocycles. The van der Waals surface area contributed by atoms with Crippen molar-refractivity contribution in [2.45, 2.75) is 11.1 Å². The van der Waals surface area contributed by atoms with Gasteiger partial charge < -0.3 is 10.4 Å². The maximum Gasteiger partial charge on any atom is 0.421 e. The molecule has 3 rings (SSSR count). The number of nitrogens with one attached hydrogen (secondary N) is 2. The predicted octanol–water partition coefficient (Wildman–Crippen LogP) is 1.70. The molecule has 0 spiro atoms. The molecule has 154 valence electrons. The highest BCUT2D eigenvalue weighted by atomic mass is 32.2. The molecule has 3 N–H and O–H groups in total. The fourth-order valence-corrected chi connectivity index (χ4v) is 3.33. The Labute approximate surface area is 163 Å². The summed E-state index contributed by atoms with van der Waals surface area (Å²) in [6.45, 7) is -0.472. The second-order valence-corrected chi connectivity index (χ2v) is 7.42. The second kappa shape index (κ2) is 8.14. The fourth-order valence-electron chi connectivity index (χ4n) is 2.31. The average Bonchev–Trinajstić information content (AvgIpc) is 3.21. The van der Waals surface area contributed by atoms with Crippen LogP contribution in [0.25, 0.3) is 5.82 Å². The van der Waals surface area contributed by atoms with Gasteiger partial charge in [-0.05, 0) is 30.3 Å². The molecule has 0 aliphatic heterocycles. The van der Waals surface area contributed by atoms with Gasteiger partial charge in [-0.15, -0.1) is 0 Å². The highest BCUT2D eigenvalue weighted by Crippen LogP contribution is 2.33. The highest BCUT2D eigenvalue weighted by molar-refractivity contribution is 7.89. The zero-order valence-corrected chi connectivity index (χ0v) is 15.4. The SMILES string of the molecule is O=S(=O)(NCCO)c1ccc(Nc2ncc(C(F)(F)F)c(-n3cccn3)n2)cc1. The van der Waals surface area contributed by atoms with Gasteiger partial charge in [-0.25, -0.2) is 22.8 Å². The summed E-state index contributed by atoms with van der Waals surface area (Å²) >= 11 is 0. The van der Waals surface area contributed by atoms with Crippen molar-refractivity contribution in [1.82, 2.24) is 24.5 Å². The van der Waals surface area contributed by atoms with E-state index >= 15 is 0 Å². The normalized spacial score (nSPS) is 12.1. The van der Waals surface area contributed by atoms with E-state index in [9.17, 15) is 21.6 Å². The van der Waals surface area contributed by atoms with Gasteiger partial charge in [0.1, 0.15) is 5.56 Å². The van der Waals surface area contributed by atoms with E-state index in [-0.39, 0.29) is 24.0 Å². The van der Waals surface area contributed by atoms with Gasteiger partial charge in [0.25, 0.3) is 0 Å². The topological polar surface area (TPSA) is 122 Å². The zero-order chi connectivity index (χ0) is 21.1. The number of hydrogen-bond donors (Lipinski definition) is 3. The number of hydrogen-bond acceptors (Lipinski definition) is 7. The molecule has 0 atom stereocenters. The molecule has 0 bridgehead atoms. The maximum atomic E-state index is 13.2. The van der Waals surface area contributed by atoms with E-state index in [1.54, 1.807) is 0 Å². The summed E-state index contributed by atoms with van der Waals surface area (Å²) in [6.07, 6.45) is -1.39. The predicted molar refractivity (Wildman–Crippen MR) is 96.2 cm³/mol. The van der Waals surface area contributed by atoms with Crippen molar-refractivity contribution in [3.8, 4) is 5.82 Å². The van der Waals surface area contributed by atoms with Crippen LogP contribution in [0.2, 0.25) is 0 Å². The van der Waals surface area contributed by atoms with Crippen molar-refractivity contribution in [2.75, 3.05) is 18.5 Å². The van der Waals surface area contributed by atoms with Crippen LogP contribution in [0.15, 0.2) is 53.8 Å². The third-order valence-corrected chi connectivity index (χ3v) is 5.10. The molecule has 0 radical (unpaired) electrons. The minimum atomic E-state index is -4.67. The first-order chi connectivity index (χ1) is 13.7. The molecule has 3 aromatic rings. The largest absolute Gasteiger partial charge is 0.421 e. The number of alkyl halides is 3. The summed E-state index contributed by atoms with van der Waals surface area (Å²) in [5, 5.41) is 15.2. The molecular weight excluding hydrogens is 413 g/mol. The lowest BCUT2D eigenvalue weighted by Gasteiger charge is -2.13. The maximum absolute atomic E-state index is 13.2. The minimum Gasteiger partial charge on any atom is -0.395 e. The standard InChI is InChI=1S/C16H15F3N6O3S/c17-16(18,19)13-10-20-15(24-14(13)25-8-1-6-21-25)23-11-2-4-12(5-3-11)29(27,28)22-7-9-26/h1-6,8,10,22,26H,7,9H2,(H,20,23,24). The quantitative estimate of drug-likeness (QED) is 0.524. The van der Waals surface area contributed by atoms with Crippen molar-refractivity contribution < 1.29 is 26.7 Å². The number of rotatable bonds is 7. The lowest BCUT2D eigenvalue weighted by molar-refractivity contribution is -0.138. The first-order valence-electron chi connectivity index (χ1n) is 8.12. The van der Waals surface area contributed by atoms with E-state index in [1.165, 1.54) is 42.7 Å². The number of benzene rings is 1. The molecule has 1 aromatic carbocycles. The third-order valence-electron chi connectivity index (χ3n) is 3.62. The Balaban J connectivity index is 1.86. The third kappa shape index (κ3) is 4.88. The summed E-state index contributed by atoms with van der Waals surface area (Å²) in [4.78, 5) is 7.53. The van der Waals surface area contributed by atoms with Crippen molar-refractivity contribution >= 4 is 21.7 Å². The van der Waals surface area contributed by atoms with Gasteiger partial charge in [0.05, 0.1) is 11.5 Å². The van der Waals surface area contributed by atoms with Gasteiger partial charge in [-0.1, -0.05) is 0 Å². The van der Waals surface area contributed by atoms with Gasteiger partial charge in [0.15, 0.2) is 5.82 Å². The van der Waals surface area contributed by atoms with Crippen LogP contribution in [0.4, 0.5) is 24.8 Å². The van der Waals surface area contributed by atoms with Crippen molar-refractivity contribution in [1.29, 1.82) is 0 Å². The van der Waals surface area contributed by atoms with Crippen LogP contribution < -0.4 is 10.0 Å². The molecule has 0 aliphatic rings. The number of nitrogens with zero attached hydrogens (tertiary/aromatic N) is 4. The van der Waals surface area contributed by atoms with E-state index in [0.717, 1.165) is 4.68 Å². The van der Waals surface area contributed by atoms with Crippen molar-refractivity contribution in [3.63, 3.8) is 0 Å². The molecule has 0 saturated carbocycles. The Morgan fingerprint density at radius 2 is 1.90 bits per heavy atom. The van der Waals surface area contributed by atoms with Crippen LogP contribution in [0.3, 0.4) is 0 Å². The van der Waals surface area contributed by atoms with Gasteiger partial charge >= 0.3 is 6.18 Å². The number of aliphatic hydroxyl groups is 1. The van der Waals surface area contributed by atoms with Crippen LogP contribution in [0.5, 0.6) is 0 Å². The molecular formula is C16H15F3N6O3S. The molecule has 2 heterocycles. The molecule has 29 heavy (non-hydrogen) atoms. The van der Waals surface area contributed by atoms with Crippen LogP contribution in [0, 0.1) is 0 Å². The van der Waals surface area contributed by atoms with Crippen molar-refractivity contribution in [2.24, 2.45) is 0 Å². The Kier molecular flexibility index (Phi) is 5.81. The molecule has 0 amide bonds. The summed E-state index contributed by atoms with van der Waals surface area (Å²) in [6, 6.07) is 6.85. The van der Waals surface area contributed by atoms with E-state index < -0.39 is 27.6 Å². The molecule has 9 nitrogen and oxygen atoms in total. The van der Waals surface area contributed by atoms with E-state index in [4.69, 9.17) is 5.11 Å². The van der Waals surface area contributed by atoms with Crippen molar-refractivity contribution in [3.05, 3.63) is 54.5 Å². The Morgan fingerprint density at radius 3 is 2.48 bits per heavy atom. The summed E-state index contributed by atoms with van der Waals surface area (Å²) in [7, 11) is -3.78. The lowest BCUT2D eigenvalue weighted by atomic mass is 10.3. The minimum absolute atomic E-state index is 0.0398.